The second-order valence-electron chi connectivity index (χ2n) is 9.18. The Morgan fingerprint density at radius 2 is 1.65 bits per heavy atom. The van der Waals surface area contributed by atoms with Crippen molar-refractivity contribution >= 4 is 18.0 Å². The Morgan fingerprint density at radius 1 is 1.03 bits per heavy atom. The molecule has 0 unspecified atom stereocenters. The van der Waals surface area contributed by atoms with Gasteiger partial charge in [0.05, 0.1) is 0 Å². The predicted molar refractivity (Wildman–Crippen MR) is 128 cm³/mol. The van der Waals surface area contributed by atoms with Crippen molar-refractivity contribution in [3.05, 3.63) is 59.7 Å². The molecule has 0 radical (unpaired) electrons. The van der Waals surface area contributed by atoms with E-state index in [1.165, 1.54) is 22.3 Å². The monoisotopic (exact) mass is 464 g/mol. The second kappa shape index (κ2) is 10.7. The third-order valence-corrected chi connectivity index (χ3v) is 6.92. The standard InChI is InChI=1S/C27H32N2O5/c1-2-29(13-7-12-26(31)32)25(30)16-18-14-19(15-18)28-27(33)34-17-24-22-10-5-3-8-20(22)21-9-4-6-11-23(21)24/h3-6,8-11,18-19,24H,2,7,12-17H2,1H3,(H,28,33)(H,31,32). The number of carbonyl (C=O) groups is 3. The van der Waals surface area contributed by atoms with Crippen LogP contribution in [0.1, 0.15) is 56.1 Å². The summed E-state index contributed by atoms with van der Waals surface area (Å²) >= 11 is 0. The van der Waals surface area contributed by atoms with Gasteiger partial charge < -0.3 is 20.1 Å². The number of fused-ring (bicyclic) bond motifs is 3. The molecule has 7 heteroatoms. The van der Waals surface area contributed by atoms with Gasteiger partial charge in [-0.25, -0.2) is 4.79 Å². The van der Waals surface area contributed by atoms with Crippen molar-refractivity contribution in [2.24, 2.45) is 5.92 Å². The number of nitrogens with zero attached hydrogens (tertiary/aromatic N) is 1. The molecule has 0 aromatic heterocycles. The number of nitrogens with one attached hydrogen (secondary N) is 1. The summed E-state index contributed by atoms with van der Waals surface area (Å²) < 4.78 is 5.61. The molecule has 0 saturated heterocycles. The van der Waals surface area contributed by atoms with Gasteiger partial charge in [-0.05, 0) is 54.4 Å². The Labute approximate surface area is 200 Å². The van der Waals surface area contributed by atoms with Gasteiger partial charge in [-0.15, -0.1) is 0 Å². The van der Waals surface area contributed by atoms with Crippen LogP contribution in [0.2, 0.25) is 0 Å². The predicted octanol–water partition coefficient (Wildman–Crippen LogP) is 4.41. The Balaban J connectivity index is 1.20. The Hall–Kier alpha value is -3.35. The molecule has 2 aliphatic carbocycles. The first-order valence-electron chi connectivity index (χ1n) is 12.1. The molecule has 34 heavy (non-hydrogen) atoms. The highest BCUT2D eigenvalue weighted by atomic mass is 16.5. The average Bonchev–Trinajstić information content (AvgIpc) is 3.12. The van der Waals surface area contributed by atoms with E-state index in [2.05, 4.69) is 29.6 Å². The summed E-state index contributed by atoms with van der Waals surface area (Å²) in [6.45, 7) is 3.24. The zero-order chi connectivity index (χ0) is 24.1. The fourth-order valence-electron chi connectivity index (χ4n) is 5.08. The van der Waals surface area contributed by atoms with Gasteiger partial charge in [0.15, 0.2) is 0 Å². The molecule has 0 bridgehead atoms. The first kappa shape index (κ1) is 23.8. The summed E-state index contributed by atoms with van der Waals surface area (Å²) in [4.78, 5) is 37.3. The summed E-state index contributed by atoms with van der Waals surface area (Å²) in [6, 6.07) is 16.5. The molecule has 2 aromatic rings. The fourth-order valence-corrected chi connectivity index (χ4v) is 5.08. The quantitative estimate of drug-likeness (QED) is 0.543. The number of carboxylic acid groups (broad SMARTS) is 1. The maximum Gasteiger partial charge on any atom is 0.407 e. The highest BCUT2D eigenvalue weighted by Crippen LogP contribution is 2.44. The van der Waals surface area contributed by atoms with Crippen LogP contribution in [0.4, 0.5) is 4.79 Å². The number of ether oxygens (including phenoxy) is 1. The summed E-state index contributed by atoms with van der Waals surface area (Å²) in [5.74, 6) is -0.520. The second-order valence-corrected chi connectivity index (χ2v) is 9.18. The molecular formula is C27H32N2O5. The number of carboxylic acids is 1. The minimum atomic E-state index is -0.843. The first-order chi connectivity index (χ1) is 16.5. The SMILES string of the molecule is CCN(CCCC(=O)O)C(=O)CC1CC(NC(=O)OCC2c3ccccc3-c3ccccc32)C1. The number of amides is 2. The largest absolute Gasteiger partial charge is 0.481 e. The van der Waals surface area contributed by atoms with Crippen LogP contribution in [-0.4, -0.2) is 53.7 Å². The van der Waals surface area contributed by atoms with E-state index in [4.69, 9.17) is 9.84 Å². The van der Waals surface area contributed by atoms with Gasteiger partial charge >= 0.3 is 12.1 Å². The van der Waals surface area contributed by atoms with E-state index < -0.39 is 12.1 Å². The van der Waals surface area contributed by atoms with Gasteiger partial charge in [0.1, 0.15) is 6.61 Å². The maximum atomic E-state index is 12.5. The van der Waals surface area contributed by atoms with E-state index in [0.717, 1.165) is 12.8 Å². The maximum absolute atomic E-state index is 12.5. The Kier molecular flexibility index (Phi) is 7.50. The van der Waals surface area contributed by atoms with Gasteiger partial charge in [0.25, 0.3) is 0 Å². The van der Waals surface area contributed by atoms with Crippen molar-refractivity contribution in [3.8, 4) is 11.1 Å². The molecular weight excluding hydrogens is 432 g/mol. The summed E-state index contributed by atoms with van der Waals surface area (Å²) in [5.41, 5.74) is 4.76. The molecule has 7 nitrogen and oxygen atoms in total. The van der Waals surface area contributed by atoms with Crippen LogP contribution in [0.25, 0.3) is 11.1 Å². The van der Waals surface area contributed by atoms with Crippen molar-refractivity contribution in [1.29, 1.82) is 0 Å². The highest BCUT2D eigenvalue weighted by Gasteiger charge is 2.34. The number of carbonyl (C=O) groups excluding carboxylic acids is 2. The van der Waals surface area contributed by atoms with Crippen molar-refractivity contribution in [2.45, 2.75) is 51.0 Å². The third-order valence-electron chi connectivity index (χ3n) is 6.92. The van der Waals surface area contributed by atoms with Crippen LogP contribution >= 0.6 is 0 Å². The number of rotatable bonds is 10. The number of alkyl carbamates (subject to hydrolysis) is 1. The minimum absolute atomic E-state index is 0.0236. The molecule has 1 fully saturated rings. The van der Waals surface area contributed by atoms with E-state index in [1.807, 2.05) is 31.2 Å². The van der Waals surface area contributed by atoms with Crippen LogP contribution in [0.15, 0.2) is 48.5 Å². The van der Waals surface area contributed by atoms with E-state index >= 15 is 0 Å². The fraction of sp³-hybridized carbons (Fsp3) is 0.444. The van der Waals surface area contributed by atoms with Crippen LogP contribution in [0.3, 0.4) is 0 Å². The Morgan fingerprint density at radius 3 is 2.24 bits per heavy atom. The van der Waals surface area contributed by atoms with E-state index in [1.54, 1.807) is 4.90 Å². The molecule has 1 saturated carbocycles. The third kappa shape index (κ3) is 5.41. The highest BCUT2D eigenvalue weighted by molar-refractivity contribution is 5.79. The van der Waals surface area contributed by atoms with E-state index in [-0.39, 0.29) is 36.8 Å². The molecule has 2 aromatic carbocycles. The molecule has 2 aliphatic rings. The van der Waals surface area contributed by atoms with E-state index in [9.17, 15) is 14.4 Å². The van der Waals surface area contributed by atoms with Gasteiger partial charge in [-0.2, -0.15) is 0 Å². The molecule has 0 aliphatic heterocycles. The lowest BCUT2D eigenvalue weighted by Gasteiger charge is -2.36. The zero-order valence-corrected chi connectivity index (χ0v) is 19.5. The molecule has 0 heterocycles. The van der Waals surface area contributed by atoms with Crippen LogP contribution in [0, 0.1) is 5.92 Å². The normalized spacial score (nSPS) is 18.4. The lowest BCUT2D eigenvalue weighted by molar-refractivity contribution is -0.138. The molecule has 0 atom stereocenters. The summed E-state index contributed by atoms with van der Waals surface area (Å²) in [6.07, 6.45) is 2.06. The topological polar surface area (TPSA) is 95.9 Å². The van der Waals surface area contributed by atoms with Gasteiger partial charge in [0.2, 0.25) is 5.91 Å². The molecule has 4 rings (SSSR count). The summed E-state index contributed by atoms with van der Waals surface area (Å²) in [7, 11) is 0. The number of benzene rings is 2. The van der Waals surface area contributed by atoms with Crippen molar-refractivity contribution in [3.63, 3.8) is 0 Å². The molecule has 0 spiro atoms. The minimum Gasteiger partial charge on any atom is -0.481 e. The van der Waals surface area contributed by atoms with Crippen LogP contribution < -0.4 is 5.32 Å². The average molecular weight is 465 g/mol. The van der Waals surface area contributed by atoms with Gasteiger partial charge in [-0.3, -0.25) is 9.59 Å². The zero-order valence-electron chi connectivity index (χ0n) is 19.5. The van der Waals surface area contributed by atoms with Crippen molar-refractivity contribution < 1.29 is 24.2 Å². The number of aliphatic carboxylic acids is 1. The molecule has 180 valence electrons. The lowest BCUT2D eigenvalue weighted by Crippen LogP contribution is -2.46. The Bertz CT molecular complexity index is 1000. The van der Waals surface area contributed by atoms with E-state index in [0.29, 0.717) is 25.9 Å². The van der Waals surface area contributed by atoms with Crippen LogP contribution in [0.5, 0.6) is 0 Å². The van der Waals surface area contributed by atoms with Crippen LogP contribution in [-0.2, 0) is 14.3 Å². The number of hydrogen-bond acceptors (Lipinski definition) is 4. The smallest absolute Gasteiger partial charge is 0.407 e. The molecule has 2 N–H and O–H groups in total. The molecule has 2 amide bonds. The van der Waals surface area contributed by atoms with Gasteiger partial charge in [-0.1, -0.05) is 48.5 Å². The van der Waals surface area contributed by atoms with Gasteiger partial charge in [0, 0.05) is 37.9 Å². The summed E-state index contributed by atoms with van der Waals surface area (Å²) in [5, 5.41) is 11.7. The first-order valence-corrected chi connectivity index (χ1v) is 12.1. The van der Waals surface area contributed by atoms with Crippen molar-refractivity contribution in [1.82, 2.24) is 10.2 Å². The van der Waals surface area contributed by atoms with Crippen molar-refractivity contribution in [2.75, 3.05) is 19.7 Å². The number of hydrogen-bond donors (Lipinski definition) is 2. The lowest BCUT2D eigenvalue weighted by atomic mass is 9.78.